The van der Waals surface area contributed by atoms with Crippen LogP contribution >= 0.6 is 0 Å². The van der Waals surface area contributed by atoms with Gasteiger partial charge in [0, 0.05) is 5.69 Å². The van der Waals surface area contributed by atoms with Crippen molar-refractivity contribution in [3.8, 4) is 0 Å². The van der Waals surface area contributed by atoms with Crippen molar-refractivity contribution >= 4 is 17.7 Å². The molecule has 0 aliphatic carbocycles. The number of ether oxygens (including phenoxy) is 1. The minimum atomic E-state index is -0.179. The standard InChI is InChI=1S/C13H17NO2/c1-10(2)13(15)16-9-3-4-11-5-7-12(14)8-6-11/h3-8,10H,9,14H2,1-2H3/b4-3+. The van der Waals surface area contributed by atoms with Crippen molar-refractivity contribution in [3.63, 3.8) is 0 Å². The first-order valence-electron chi connectivity index (χ1n) is 5.28. The van der Waals surface area contributed by atoms with Crippen molar-refractivity contribution in [2.45, 2.75) is 13.8 Å². The highest BCUT2D eigenvalue weighted by atomic mass is 16.5. The van der Waals surface area contributed by atoms with Crippen molar-refractivity contribution in [3.05, 3.63) is 35.9 Å². The third-order valence-electron chi connectivity index (χ3n) is 2.04. The molecule has 16 heavy (non-hydrogen) atoms. The van der Waals surface area contributed by atoms with E-state index in [1.54, 1.807) is 0 Å². The molecule has 0 unspecified atom stereocenters. The average molecular weight is 219 g/mol. The van der Waals surface area contributed by atoms with Gasteiger partial charge in [0.05, 0.1) is 5.92 Å². The summed E-state index contributed by atoms with van der Waals surface area (Å²) < 4.78 is 5.00. The van der Waals surface area contributed by atoms with E-state index >= 15 is 0 Å². The lowest BCUT2D eigenvalue weighted by Crippen LogP contribution is -2.11. The fourth-order valence-electron chi connectivity index (χ4n) is 1.09. The molecule has 3 heteroatoms. The maximum Gasteiger partial charge on any atom is 0.308 e. The Morgan fingerprint density at radius 1 is 1.38 bits per heavy atom. The molecule has 0 bridgehead atoms. The van der Waals surface area contributed by atoms with E-state index in [2.05, 4.69) is 0 Å². The lowest BCUT2D eigenvalue weighted by atomic mass is 10.2. The maximum atomic E-state index is 11.1. The summed E-state index contributed by atoms with van der Waals surface area (Å²) in [7, 11) is 0. The predicted octanol–water partition coefficient (Wildman–Crippen LogP) is 2.48. The van der Waals surface area contributed by atoms with Gasteiger partial charge in [-0.2, -0.15) is 0 Å². The number of esters is 1. The van der Waals surface area contributed by atoms with Crippen LogP contribution in [0.25, 0.3) is 6.08 Å². The Balaban J connectivity index is 2.38. The van der Waals surface area contributed by atoms with E-state index in [1.807, 2.05) is 50.3 Å². The van der Waals surface area contributed by atoms with E-state index in [-0.39, 0.29) is 11.9 Å². The number of nitrogens with two attached hydrogens (primary N) is 1. The fraction of sp³-hybridized carbons (Fsp3) is 0.308. The van der Waals surface area contributed by atoms with Crippen molar-refractivity contribution in [1.82, 2.24) is 0 Å². The van der Waals surface area contributed by atoms with Gasteiger partial charge in [-0.25, -0.2) is 0 Å². The first-order valence-corrected chi connectivity index (χ1v) is 5.28. The van der Waals surface area contributed by atoms with Gasteiger partial charge >= 0.3 is 5.97 Å². The van der Waals surface area contributed by atoms with E-state index in [4.69, 9.17) is 10.5 Å². The van der Waals surface area contributed by atoms with E-state index in [0.717, 1.165) is 11.3 Å². The molecule has 0 saturated carbocycles. The molecule has 0 saturated heterocycles. The minimum Gasteiger partial charge on any atom is -0.461 e. The zero-order valence-electron chi connectivity index (χ0n) is 9.64. The lowest BCUT2D eigenvalue weighted by Gasteiger charge is -2.03. The summed E-state index contributed by atoms with van der Waals surface area (Å²) >= 11 is 0. The van der Waals surface area contributed by atoms with Gasteiger partial charge in [-0.1, -0.05) is 32.1 Å². The van der Waals surface area contributed by atoms with Crippen LogP contribution in [0.1, 0.15) is 19.4 Å². The van der Waals surface area contributed by atoms with E-state index in [1.165, 1.54) is 0 Å². The number of nitrogen functional groups attached to an aromatic ring is 1. The number of benzene rings is 1. The average Bonchev–Trinajstić information content (AvgIpc) is 2.26. The highest BCUT2D eigenvalue weighted by Crippen LogP contribution is 2.07. The second kappa shape index (κ2) is 5.95. The van der Waals surface area contributed by atoms with Crippen LogP contribution in [0, 0.1) is 5.92 Å². The number of anilines is 1. The number of carbonyl (C=O) groups is 1. The van der Waals surface area contributed by atoms with Gasteiger partial charge < -0.3 is 10.5 Å². The Kier molecular flexibility index (Phi) is 4.58. The number of hydrogen-bond donors (Lipinski definition) is 1. The van der Waals surface area contributed by atoms with Crippen LogP contribution in [0.3, 0.4) is 0 Å². The molecule has 1 aromatic carbocycles. The highest BCUT2D eigenvalue weighted by Gasteiger charge is 2.05. The molecule has 0 aromatic heterocycles. The van der Waals surface area contributed by atoms with Gasteiger partial charge in [0.15, 0.2) is 0 Å². The van der Waals surface area contributed by atoms with Crippen molar-refractivity contribution in [2.24, 2.45) is 5.92 Å². The third kappa shape index (κ3) is 4.17. The molecule has 3 nitrogen and oxygen atoms in total. The molecule has 0 atom stereocenters. The van der Waals surface area contributed by atoms with Crippen molar-refractivity contribution in [2.75, 3.05) is 12.3 Å². The van der Waals surface area contributed by atoms with Gasteiger partial charge in [-0.3, -0.25) is 4.79 Å². The fourth-order valence-corrected chi connectivity index (χ4v) is 1.09. The van der Waals surface area contributed by atoms with Crippen molar-refractivity contribution in [1.29, 1.82) is 0 Å². The Hall–Kier alpha value is -1.77. The largest absolute Gasteiger partial charge is 0.461 e. The minimum absolute atomic E-state index is 0.0788. The molecule has 0 aliphatic rings. The maximum absolute atomic E-state index is 11.1. The van der Waals surface area contributed by atoms with Crippen LogP contribution in [-0.2, 0) is 9.53 Å². The van der Waals surface area contributed by atoms with E-state index in [9.17, 15) is 4.79 Å². The number of hydrogen-bond acceptors (Lipinski definition) is 3. The predicted molar refractivity (Wildman–Crippen MR) is 65.7 cm³/mol. The molecule has 0 radical (unpaired) electrons. The molecule has 0 fully saturated rings. The summed E-state index contributed by atoms with van der Waals surface area (Å²) in [4.78, 5) is 11.1. The van der Waals surface area contributed by atoms with E-state index < -0.39 is 0 Å². The summed E-state index contributed by atoms with van der Waals surface area (Å²) in [6, 6.07) is 7.49. The van der Waals surface area contributed by atoms with E-state index in [0.29, 0.717) is 6.61 Å². The highest BCUT2D eigenvalue weighted by molar-refractivity contribution is 5.71. The summed E-state index contributed by atoms with van der Waals surface area (Å²) in [5.41, 5.74) is 7.34. The second-order valence-corrected chi connectivity index (χ2v) is 3.85. The van der Waals surface area contributed by atoms with Crippen LogP contribution in [0.5, 0.6) is 0 Å². The Morgan fingerprint density at radius 2 is 2.00 bits per heavy atom. The molecule has 0 aliphatic heterocycles. The Bertz CT molecular complexity index is 366. The normalized spacial score (nSPS) is 10.9. The summed E-state index contributed by atoms with van der Waals surface area (Å²) in [6.45, 7) is 3.93. The molecule has 86 valence electrons. The van der Waals surface area contributed by atoms with Gasteiger partial charge in [0.25, 0.3) is 0 Å². The first-order chi connectivity index (χ1) is 7.59. The second-order valence-electron chi connectivity index (χ2n) is 3.85. The smallest absolute Gasteiger partial charge is 0.308 e. The third-order valence-corrected chi connectivity index (χ3v) is 2.04. The van der Waals surface area contributed by atoms with Crippen LogP contribution in [0.4, 0.5) is 5.69 Å². The zero-order valence-corrected chi connectivity index (χ0v) is 9.64. The lowest BCUT2D eigenvalue weighted by molar-refractivity contribution is -0.145. The molecule has 0 spiro atoms. The molecular formula is C13H17NO2. The van der Waals surface area contributed by atoms with Gasteiger partial charge in [0.1, 0.15) is 6.61 Å². The molecule has 0 heterocycles. The van der Waals surface area contributed by atoms with Crippen LogP contribution in [0.15, 0.2) is 30.3 Å². The zero-order chi connectivity index (χ0) is 12.0. The van der Waals surface area contributed by atoms with Crippen LogP contribution in [-0.4, -0.2) is 12.6 Å². The molecule has 2 N–H and O–H groups in total. The van der Waals surface area contributed by atoms with Crippen molar-refractivity contribution < 1.29 is 9.53 Å². The number of carbonyl (C=O) groups excluding carboxylic acids is 1. The summed E-state index contributed by atoms with van der Waals surface area (Å²) in [5, 5.41) is 0. The SMILES string of the molecule is CC(C)C(=O)OC/C=C/c1ccc(N)cc1. The van der Waals surface area contributed by atoms with Crippen LogP contribution in [0.2, 0.25) is 0 Å². The summed E-state index contributed by atoms with van der Waals surface area (Å²) in [6.07, 6.45) is 3.71. The molecule has 0 amide bonds. The topological polar surface area (TPSA) is 52.3 Å². The molecule has 1 aromatic rings. The summed E-state index contributed by atoms with van der Waals surface area (Å²) in [5.74, 6) is -0.258. The van der Waals surface area contributed by atoms with Gasteiger partial charge in [-0.05, 0) is 23.8 Å². The monoisotopic (exact) mass is 219 g/mol. The number of rotatable bonds is 4. The Morgan fingerprint density at radius 3 is 2.56 bits per heavy atom. The molecular weight excluding hydrogens is 202 g/mol. The molecule has 1 rings (SSSR count). The Labute approximate surface area is 95.9 Å². The van der Waals surface area contributed by atoms with Gasteiger partial charge in [0.2, 0.25) is 0 Å². The quantitative estimate of drug-likeness (QED) is 0.625. The van der Waals surface area contributed by atoms with Crippen LogP contribution < -0.4 is 5.73 Å². The first kappa shape index (κ1) is 12.3. The van der Waals surface area contributed by atoms with Gasteiger partial charge in [-0.15, -0.1) is 0 Å².